The Kier molecular flexibility index (Phi) is 3.10. The molecule has 8 heavy (non-hydrogen) atoms. The van der Waals surface area contributed by atoms with Gasteiger partial charge in [-0.1, -0.05) is 0 Å². The Morgan fingerprint density at radius 2 is 1.75 bits per heavy atom. The molecule has 45 valence electrons. The SMILES string of the molecule is [Ti][NH]C1CCCCC1. The molecule has 1 fully saturated rings. The molecule has 0 unspecified atom stereocenters. The van der Waals surface area contributed by atoms with Crippen molar-refractivity contribution in [2.75, 3.05) is 0 Å². The topological polar surface area (TPSA) is 12.0 Å². The van der Waals surface area contributed by atoms with Crippen molar-refractivity contribution < 1.29 is 20.7 Å². The fraction of sp³-hybridized carbons (Fsp3) is 1.00. The fourth-order valence-electron chi connectivity index (χ4n) is 1.25. The third-order valence-electron chi connectivity index (χ3n) is 1.81. The van der Waals surface area contributed by atoms with Gasteiger partial charge in [-0.15, -0.1) is 0 Å². The van der Waals surface area contributed by atoms with Crippen molar-refractivity contribution in [1.82, 2.24) is 3.80 Å². The molecule has 0 saturated heterocycles. The molecule has 0 bridgehead atoms. The van der Waals surface area contributed by atoms with Gasteiger partial charge in [0.1, 0.15) is 0 Å². The van der Waals surface area contributed by atoms with Crippen LogP contribution in [0.25, 0.3) is 0 Å². The van der Waals surface area contributed by atoms with Gasteiger partial charge in [-0.3, -0.25) is 0 Å². The molecule has 1 rings (SSSR count). The molecule has 1 aliphatic rings. The van der Waals surface area contributed by atoms with E-state index < -0.39 is 0 Å². The summed E-state index contributed by atoms with van der Waals surface area (Å²) in [4.78, 5) is 0. The normalized spacial score (nSPS) is 23.4. The first kappa shape index (κ1) is 6.79. The average Bonchev–Trinajstić information content (AvgIpc) is 1.90. The van der Waals surface area contributed by atoms with Crippen LogP contribution >= 0.6 is 0 Å². The van der Waals surface area contributed by atoms with Gasteiger partial charge < -0.3 is 0 Å². The summed E-state index contributed by atoms with van der Waals surface area (Å²) in [5.74, 6) is 0. The van der Waals surface area contributed by atoms with E-state index in [0.717, 1.165) is 6.04 Å². The number of hydrogen-bond donors (Lipinski definition) is 1. The first-order valence-electron chi connectivity index (χ1n) is 3.36. The van der Waals surface area contributed by atoms with Crippen molar-refractivity contribution in [2.24, 2.45) is 0 Å². The molecule has 0 aromatic heterocycles. The van der Waals surface area contributed by atoms with Gasteiger partial charge in [0.25, 0.3) is 0 Å². The van der Waals surface area contributed by atoms with Crippen molar-refractivity contribution in [2.45, 2.75) is 38.1 Å². The molecule has 0 amide bonds. The van der Waals surface area contributed by atoms with Crippen LogP contribution in [-0.4, -0.2) is 6.04 Å². The second-order valence-electron chi connectivity index (χ2n) is 2.48. The Bertz CT molecular complexity index is 59.5. The molecule has 1 aliphatic carbocycles. The Hall–Kier alpha value is 0.674. The molecular weight excluding hydrogens is 134 g/mol. The standard InChI is InChI=1S/C6H12N.Ti/c7-6-4-2-1-3-5-6;/h6-7H,1-5H2;/q-1;+1. The monoisotopic (exact) mass is 146 g/mol. The van der Waals surface area contributed by atoms with Crippen molar-refractivity contribution in [3.8, 4) is 0 Å². The Morgan fingerprint density at radius 1 is 1.12 bits per heavy atom. The van der Waals surface area contributed by atoms with E-state index in [9.17, 15) is 0 Å². The predicted molar refractivity (Wildman–Crippen MR) is 30.0 cm³/mol. The van der Waals surface area contributed by atoms with E-state index in [1.807, 2.05) is 0 Å². The van der Waals surface area contributed by atoms with Crippen LogP contribution in [0.15, 0.2) is 0 Å². The van der Waals surface area contributed by atoms with Crippen molar-refractivity contribution in [3.05, 3.63) is 0 Å². The molecule has 0 spiro atoms. The van der Waals surface area contributed by atoms with Gasteiger partial charge in [0, 0.05) is 0 Å². The van der Waals surface area contributed by atoms with Gasteiger partial charge in [0.2, 0.25) is 0 Å². The summed E-state index contributed by atoms with van der Waals surface area (Å²) in [7, 11) is 0. The summed E-state index contributed by atoms with van der Waals surface area (Å²) in [6.45, 7) is 0. The summed E-state index contributed by atoms with van der Waals surface area (Å²) in [6.07, 6.45) is 7.13. The fourth-order valence-corrected chi connectivity index (χ4v) is 1.70. The van der Waals surface area contributed by atoms with Crippen molar-refractivity contribution >= 4 is 0 Å². The van der Waals surface area contributed by atoms with Gasteiger partial charge in [-0.25, -0.2) is 0 Å². The minimum atomic E-state index is 0.837. The Balaban J connectivity index is 2.13. The maximum atomic E-state index is 3.30. The van der Waals surface area contributed by atoms with Crippen LogP contribution in [0.1, 0.15) is 32.1 Å². The predicted octanol–water partition coefficient (Wildman–Crippen LogP) is 1.37. The van der Waals surface area contributed by atoms with Gasteiger partial charge in [-0.05, 0) is 0 Å². The molecule has 0 aromatic carbocycles. The second-order valence-corrected chi connectivity index (χ2v) is 2.93. The molecule has 0 radical (unpaired) electrons. The van der Waals surface area contributed by atoms with Gasteiger partial charge in [0.05, 0.1) is 0 Å². The second kappa shape index (κ2) is 3.65. The molecule has 1 N–H and O–H groups in total. The first-order valence-corrected chi connectivity index (χ1v) is 4.14. The maximum absolute atomic E-state index is 3.30. The summed E-state index contributed by atoms with van der Waals surface area (Å²) in [5.41, 5.74) is 0. The Morgan fingerprint density at radius 3 is 2.12 bits per heavy atom. The van der Waals surface area contributed by atoms with Gasteiger partial charge >= 0.3 is 62.6 Å². The van der Waals surface area contributed by atoms with E-state index in [4.69, 9.17) is 0 Å². The summed E-state index contributed by atoms with van der Waals surface area (Å²) in [6, 6.07) is 0.837. The van der Waals surface area contributed by atoms with Crippen LogP contribution in [-0.2, 0) is 20.7 Å². The number of rotatable bonds is 1. The third-order valence-corrected chi connectivity index (χ3v) is 2.45. The third kappa shape index (κ3) is 1.89. The van der Waals surface area contributed by atoms with Crippen molar-refractivity contribution in [1.29, 1.82) is 0 Å². The van der Waals surface area contributed by atoms with Crippen LogP contribution in [0.5, 0.6) is 0 Å². The van der Waals surface area contributed by atoms with E-state index in [1.165, 1.54) is 32.1 Å². The minimum absolute atomic E-state index is 0.837. The zero-order valence-corrected chi connectivity index (χ0v) is 6.67. The molecule has 0 heterocycles. The number of hydrogen-bond acceptors (Lipinski definition) is 1. The van der Waals surface area contributed by atoms with Crippen LogP contribution < -0.4 is 3.80 Å². The molecule has 0 aliphatic heterocycles. The van der Waals surface area contributed by atoms with E-state index in [-0.39, 0.29) is 0 Å². The molecule has 1 nitrogen and oxygen atoms in total. The van der Waals surface area contributed by atoms with Crippen LogP contribution in [0.3, 0.4) is 0 Å². The van der Waals surface area contributed by atoms with Crippen LogP contribution in [0.4, 0.5) is 0 Å². The molecule has 0 atom stereocenters. The van der Waals surface area contributed by atoms with Crippen LogP contribution in [0.2, 0.25) is 0 Å². The van der Waals surface area contributed by atoms with Gasteiger partial charge in [-0.2, -0.15) is 0 Å². The van der Waals surface area contributed by atoms with Gasteiger partial charge in [0.15, 0.2) is 0 Å². The van der Waals surface area contributed by atoms with Crippen molar-refractivity contribution in [3.63, 3.8) is 0 Å². The number of nitrogens with one attached hydrogen (secondary N) is 1. The summed E-state index contributed by atoms with van der Waals surface area (Å²) >= 11 is 2.07. The van der Waals surface area contributed by atoms with E-state index in [2.05, 4.69) is 24.5 Å². The zero-order valence-electron chi connectivity index (χ0n) is 5.11. The summed E-state index contributed by atoms with van der Waals surface area (Å²) in [5, 5.41) is 0. The molecular formula is C6H12NTi. The average molecular weight is 146 g/mol. The molecule has 2 heteroatoms. The summed E-state index contributed by atoms with van der Waals surface area (Å²) < 4.78 is 3.30. The molecule has 1 saturated carbocycles. The van der Waals surface area contributed by atoms with E-state index in [0.29, 0.717) is 0 Å². The van der Waals surface area contributed by atoms with Crippen LogP contribution in [0, 0.1) is 0 Å². The quantitative estimate of drug-likeness (QED) is 0.551. The Labute approximate surface area is 62.9 Å². The molecule has 0 aromatic rings. The van der Waals surface area contributed by atoms with E-state index in [1.54, 1.807) is 0 Å². The first-order chi connectivity index (χ1) is 3.93. The zero-order chi connectivity index (χ0) is 5.82. The van der Waals surface area contributed by atoms with E-state index >= 15 is 0 Å².